The van der Waals surface area contributed by atoms with Gasteiger partial charge < -0.3 is 19.4 Å². The van der Waals surface area contributed by atoms with Gasteiger partial charge in [0.15, 0.2) is 5.96 Å². The number of hydrogen-bond acceptors (Lipinski definition) is 4. The predicted molar refractivity (Wildman–Crippen MR) is 109 cm³/mol. The molecule has 0 aliphatic carbocycles. The summed E-state index contributed by atoms with van der Waals surface area (Å²) in [6, 6.07) is 3.84. The van der Waals surface area contributed by atoms with Gasteiger partial charge in [0.1, 0.15) is 5.76 Å². The topological polar surface area (TPSA) is 67.1 Å². The third-order valence-electron chi connectivity index (χ3n) is 4.02. The SMILES string of the molecule is C=CCNC(=NCCc1ccco1)N1CCC(C(=O)OCC)CC1.I. The fourth-order valence-electron chi connectivity index (χ4n) is 2.75. The van der Waals surface area contributed by atoms with Crippen molar-refractivity contribution in [3.8, 4) is 0 Å². The van der Waals surface area contributed by atoms with E-state index in [1.54, 1.807) is 6.26 Å². The Kier molecular flexibility index (Phi) is 10.3. The molecule has 1 aliphatic heterocycles. The molecule has 0 saturated carbocycles. The Hall–Kier alpha value is -1.51. The van der Waals surface area contributed by atoms with Crippen molar-refractivity contribution in [2.45, 2.75) is 26.2 Å². The number of piperidine rings is 1. The maximum atomic E-state index is 11.8. The van der Waals surface area contributed by atoms with E-state index in [4.69, 9.17) is 9.15 Å². The minimum absolute atomic E-state index is 0. The van der Waals surface area contributed by atoms with E-state index >= 15 is 0 Å². The lowest BCUT2D eigenvalue weighted by molar-refractivity contribution is -0.149. The van der Waals surface area contributed by atoms with E-state index in [1.807, 2.05) is 25.1 Å². The summed E-state index contributed by atoms with van der Waals surface area (Å²) in [6.45, 7) is 8.95. The summed E-state index contributed by atoms with van der Waals surface area (Å²) in [4.78, 5) is 18.7. The quantitative estimate of drug-likeness (QED) is 0.223. The molecule has 2 heterocycles. The lowest BCUT2D eigenvalue weighted by Gasteiger charge is -2.33. The van der Waals surface area contributed by atoms with Crippen LogP contribution >= 0.6 is 24.0 Å². The van der Waals surface area contributed by atoms with Crippen LogP contribution in [0.1, 0.15) is 25.5 Å². The number of hydrogen-bond donors (Lipinski definition) is 1. The molecule has 1 N–H and O–H groups in total. The van der Waals surface area contributed by atoms with Gasteiger partial charge in [0.2, 0.25) is 0 Å². The highest BCUT2D eigenvalue weighted by atomic mass is 127. The number of likely N-dealkylation sites (tertiary alicyclic amines) is 1. The van der Waals surface area contributed by atoms with Crippen LogP contribution in [-0.4, -0.2) is 49.6 Å². The molecule has 1 aliphatic rings. The second-order valence-corrected chi connectivity index (χ2v) is 5.72. The number of aliphatic imine (C=N–C) groups is 1. The first-order chi connectivity index (χ1) is 11.7. The maximum Gasteiger partial charge on any atom is 0.309 e. The van der Waals surface area contributed by atoms with Crippen LogP contribution in [0.15, 0.2) is 40.5 Å². The molecule has 1 aromatic rings. The summed E-state index contributed by atoms with van der Waals surface area (Å²) in [5, 5.41) is 3.30. The molecule has 0 atom stereocenters. The molecule has 0 unspecified atom stereocenters. The van der Waals surface area contributed by atoms with Crippen LogP contribution < -0.4 is 5.32 Å². The van der Waals surface area contributed by atoms with Gasteiger partial charge in [0.25, 0.3) is 0 Å². The molecule has 0 aromatic carbocycles. The molecule has 0 amide bonds. The van der Waals surface area contributed by atoms with Crippen LogP contribution in [0, 0.1) is 5.92 Å². The number of halogens is 1. The zero-order chi connectivity index (χ0) is 17.2. The Morgan fingerprint density at radius 2 is 2.28 bits per heavy atom. The highest BCUT2D eigenvalue weighted by Crippen LogP contribution is 2.18. The number of nitrogens with zero attached hydrogens (tertiary/aromatic N) is 2. The van der Waals surface area contributed by atoms with Crippen molar-refractivity contribution in [1.82, 2.24) is 10.2 Å². The van der Waals surface area contributed by atoms with Crippen molar-refractivity contribution >= 4 is 35.9 Å². The minimum atomic E-state index is -0.0764. The summed E-state index contributed by atoms with van der Waals surface area (Å²) in [5.74, 6) is 1.73. The number of carbonyl (C=O) groups excluding carboxylic acids is 1. The predicted octanol–water partition coefficient (Wildman–Crippen LogP) is 2.85. The lowest BCUT2D eigenvalue weighted by Crippen LogP contribution is -2.47. The second kappa shape index (κ2) is 11.9. The van der Waals surface area contributed by atoms with Crippen molar-refractivity contribution in [1.29, 1.82) is 0 Å². The summed E-state index contributed by atoms with van der Waals surface area (Å²) in [6.07, 6.45) is 5.85. The summed E-state index contributed by atoms with van der Waals surface area (Å²) < 4.78 is 10.5. The van der Waals surface area contributed by atoms with Crippen molar-refractivity contribution in [2.75, 3.05) is 32.8 Å². The van der Waals surface area contributed by atoms with E-state index in [-0.39, 0.29) is 35.9 Å². The van der Waals surface area contributed by atoms with E-state index in [0.717, 1.165) is 44.1 Å². The first-order valence-electron chi connectivity index (χ1n) is 8.57. The number of rotatable bonds is 7. The van der Waals surface area contributed by atoms with E-state index in [1.165, 1.54) is 0 Å². The zero-order valence-corrected chi connectivity index (χ0v) is 17.1. The third-order valence-corrected chi connectivity index (χ3v) is 4.02. The summed E-state index contributed by atoms with van der Waals surface area (Å²) in [5.41, 5.74) is 0. The fraction of sp³-hybridized carbons (Fsp3) is 0.556. The Labute approximate surface area is 166 Å². The summed E-state index contributed by atoms with van der Waals surface area (Å²) in [7, 11) is 0. The number of guanidine groups is 1. The number of nitrogens with one attached hydrogen (secondary N) is 1. The number of carbonyl (C=O) groups is 1. The molecule has 140 valence electrons. The van der Waals surface area contributed by atoms with E-state index in [0.29, 0.717) is 19.7 Å². The van der Waals surface area contributed by atoms with E-state index in [9.17, 15) is 4.79 Å². The van der Waals surface area contributed by atoms with Crippen LogP contribution in [-0.2, 0) is 16.0 Å². The molecule has 7 heteroatoms. The molecule has 6 nitrogen and oxygen atoms in total. The molecule has 1 aromatic heterocycles. The van der Waals surface area contributed by atoms with Crippen molar-refractivity contribution in [3.63, 3.8) is 0 Å². The normalized spacial score (nSPS) is 15.4. The van der Waals surface area contributed by atoms with E-state index in [2.05, 4.69) is 21.8 Å². The lowest BCUT2D eigenvalue weighted by atomic mass is 9.97. The van der Waals surface area contributed by atoms with Crippen LogP contribution in [0.4, 0.5) is 0 Å². The van der Waals surface area contributed by atoms with Gasteiger partial charge in [0.05, 0.1) is 18.8 Å². The minimum Gasteiger partial charge on any atom is -0.469 e. The highest BCUT2D eigenvalue weighted by molar-refractivity contribution is 14.0. The van der Waals surface area contributed by atoms with Crippen LogP contribution in [0.25, 0.3) is 0 Å². The Bertz CT molecular complexity index is 538. The molecule has 25 heavy (non-hydrogen) atoms. The van der Waals surface area contributed by atoms with Gasteiger partial charge in [-0.25, -0.2) is 0 Å². The maximum absolute atomic E-state index is 11.8. The fourth-order valence-corrected chi connectivity index (χ4v) is 2.75. The largest absolute Gasteiger partial charge is 0.469 e. The highest BCUT2D eigenvalue weighted by Gasteiger charge is 2.27. The second-order valence-electron chi connectivity index (χ2n) is 5.72. The smallest absolute Gasteiger partial charge is 0.309 e. The first-order valence-corrected chi connectivity index (χ1v) is 8.57. The van der Waals surface area contributed by atoms with Crippen LogP contribution in [0.2, 0.25) is 0 Å². The Balaban J connectivity index is 0.00000312. The Morgan fingerprint density at radius 3 is 2.88 bits per heavy atom. The monoisotopic (exact) mass is 461 g/mol. The molecule has 0 bridgehead atoms. The first kappa shape index (κ1) is 21.5. The van der Waals surface area contributed by atoms with Gasteiger partial charge in [-0.1, -0.05) is 6.08 Å². The van der Waals surface area contributed by atoms with Gasteiger partial charge >= 0.3 is 5.97 Å². The molecule has 0 radical (unpaired) electrons. The van der Waals surface area contributed by atoms with Gasteiger partial charge in [-0.05, 0) is 31.9 Å². The number of furan rings is 1. The van der Waals surface area contributed by atoms with Gasteiger partial charge in [-0.15, -0.1) is 30.6 Å². The van der Waals surface area contributed by atoms with Gasteiger partial charge in [-0.3, -0.25) is 9.79 Å². The van der Waals surface area contributed by atoms with Crippen molar-refractivity contribution in [2.24, 2.45) is 10.9 Å². The van der Waals surface area contributed by atoms with Crippen LogP contribution in [0.5, 0.6) is 0 Å². The molecular weight excluding hydrogens is 433 g/mol. The molecule has 1 fully saturated rings. The van der Waals surface area contributed by atoms with E-state index < -0.39 is 0 Å². The van der Waals surface area contributed by atoms with Crippen molar-refractivity contribution in [3.05, 3.63) is 36.8 Å². The molecule has 0 spiro atoms. The molecular formula is C18H28IN3O3. The Morgan fingerprint density at radius 1 is 1.52 bits per heavy atom. The zero-order valence-electron chi connectivity index (χ0n) is 14.8. The van der Waals surface area contributed by atoms with Crippen LogP contribution in [0.3, 0.4) is 0 Å². The third kappa shape index (κ3) is 7.09. The molecule has 1 saturated heterocycles. The molecule has 2 rings (SSSR count). The van der Waals surface area contributed by atoms with Gasteiger partial charge in [0, 0.05) is 32.6 Å². The standard InChI is InChI=1S/C18H27N3O3.HI/c1-3-10-19-18(20-11-7-16-6-5-14-24-16)21-12-8-15(9-13-21)17(22)23-4-2;/h3,5-6,14-15H,1,4,7-13H2,2H3,(H,19,20);1H. The van der Waals surface area contributed by atoms with Crippen molar-refractivity contribution < 1.29 is 13.9 Å². The number of esters is 1. The number of ether oxygens (including phenoxy) is 1. The average Bonchev–Trinajstić information content (AvgIpc) is 3.12. The van der Waals surface area contributed by atoms with Gasteiger partial charge in [-0.2, -0.15) is 0 Å². The summed E-state index contributed by atoms with van der Waals surface area (Å²) >= 11 is 0. The average molecular weight is 461 g/mol.